The lowest BCUT2D eigenvalue weighted by atomic mass is 10.0. The second-order valence-corrected chi connectivity index (χ2v) is 5.73. The van der Waals surface area contributed by atoms with Gasteiger partial charge in [0.05, 0.1) is 17.7 Å². The topological polar surface area (TPSA) is 97.1 Å². The van der Waals surface area contributed by atoms with Crippen LogP contribution in [0.3, 0.4) is 0 Å². The van der Waals surface area contributed by atoms with Crippen LogP contribution in [0.15, 0.2) is 53.6 Å². The first-order chi connectivity index (χ1) is 12.6. The molecule has 2 aromatic rings. The van der Waals surface area contributed by atoms with Crippen LogP contribution in [-0.4, -0.2) is 30.4 Å². The average Bonchev–Trinajstić information content (AvgIpc) is 2.68. The zero-order valence-corrected chi connectivity index (χ0v) is 14.2. The van der Waals surface area contributed by atoms with Crippen LogP contribution in [0.4, 0.5) is 17.1 Å². The smallest absolute Gasteiger partial charge is 0.376 e. The van der Waals surface area contributed by atoms with Gasteiger partial charge in [-0.1, -0.05) is 18.2 Å². The lowest BCUT2D eigenvalue weighted by Crippen LogP contribution is -2.41. The Kier molecular flexibility index (Phi) is 5.12. The van der Waals surface area contributed by atoms with Crippen LogP contribution in [-0.2, 0) is 16.0 Å². The van der Waals surface area contributed by atoms with E-state index in [0.717, 1.165) is 24.1 Å². The molecule has 0 bridgehead atoms. The zero-order valence-electron chi connectivity index (χ0n) is 14.2. The van der Waals surface area contributed by atoms with E-state index in [9.17, 15) is 14.9 Å². The van der Waals surface area contributed by atoms with E-state index in [2.05, 4.69) is 10.5 Å². The first-order valence-electron chi connectivity index (χ1n) is 8.12. The van der Waals surface area contributed by atoms with Gasteiger partial charge >= 0.3 is 5.97 Å². The highest BCUT2D eigenvalue weighted by molar-refractivity contribution is 6.41. The third-order valence-electron chi connectivity index (χ3n) is 4.10. The van der Waals surface area contributed by atoms with Crippen LogP contribution in [0.2, 0.25) is 0 Å². The monoisotopic (exact) mass is 354 g/mol. The summed E-state index contributed by atoms with van der Waals surface area (Å²) in [5.41, 5.74) is 5.36. The fourth-order valence-electron chi connectivity index (χ4n) is 2.84. The van der Waals surface area contributed by atoms with Gasteiger partial charge in [-0.25, -0.2) is 4.79 Å². The summed E-state index contributed by atoms with van der Waals surface area (Å²) in [4.78, 5) is 24.3. The molecule has 3 rings (SSSR count). The molecule has 0 amide bonds. The van der Waals surface area contributed by atoms with Crippen LogP contribution in [0.25, 0.3) is 0 Å². The number of esters is 1. The van der Waals surface area contributed by atoms with Gasteiger partial charge in [-0.3, -0.25) is 15.5 Å². The number of methoxy groups -OCH3 is 1. The number of nitro groups is 1. The van der Waals surface area contributed by atoms with Crippen molar-refractivity contribution in [3.8, 4) is 0 Å². The predicted octanol–water partition coefficient (Wildman–Crippen LogP) is 2.95. The van der Waals surface area contributed by atoms with Gasteiger partial charge in [0.25, 0.3) is 5.69 Å². The van der Waals surface area contributed by atoms with Gasteiger partial charge in [0, 0.05) is 24.4 Å². The molecule has 0 aromatic heterocycles. The van der Waals surface area contributed by atoms with Crippen molar-refractivity contribution in [3.05, 3.63) is 64.2 Å². The molecule has 2 aromatic carbocycles. The number of carbonyl (C=O) groups is 1. The maximum atomic E-state index is 12.3. The molecule has 1 aliphatic rings. The van der Waals surface area contributed by atoms with E-state index in [-0.39, 0.29) is 11.5 Å². The number of para-hydroxylation sites is 1. The minimum Gasteiger partial charge on any atom is -0.463 e. The minimum atomic E-state index is -0.559. The minimum absolute atomic E-state index is 0.0160. The van der Waals surface area contributed by atoms with Gasteiger partial charge in [0.2, 0.25) is 5.84 Å². The molecule has 0 aliphatic carbocycles. The second kappa shape index (κ2) is 7.64. The van der Waals surface area contributed by atoms with Gasteiger partial charge < -0.3 is 9.64 Å². The van der Waals surface area contributed by atoms with Gasteiger partial charge in [-0.2, -0.15) is 0 Å². The molecular formula is C18H18N4O4. The van der Waals surface area contributed by atoms with Crippen molar-refractivity contribution in [3.63, 3.8) is 0 Å². The first kappa shape index (κ1) is 17.4. The Hall–Kier alpha value is -3.42. The summed E-state index contributed by atoms with van der Waals surface area (Å²) in [6.45, 7) is 0.646. The number of non-ortho nitro benzene ring substituents is 1. The molecule has 8 heteroatoms. The number of nitrogens with one attached hydrogen (secondary N) is 1. The number of fused-ring (bicyclic) bond motifs is 1. The third-order valence-corrected chi connectivity index (χ3v) is 4.10. The fraction of sp³-hybridized carbons (Fsp3) is 0.222. The number of nitrogens with zero attached hydrogens (tertiary/aromatic N) is 3. The van der Waals surface area contributed by atoms with Gasteiger partial charge in [0.15, 0.2) is 0 Å². The van der Waals surface area contributed by atoms with E-state index in [1.165, 1.54) is 31.4 Å². The molecule has 1 aliphatic heterocycles. The number of hydrazone groups is 1. The number of rotatable bonds is 3. The highest BCUT2D eigenvalue weighted by Crippen LogP contribution is 2.27. The number of hydrogen-bond donors (Lipinski definition) is 1. The van der Waals surface area contributed by atoms with Gasteiger partial charge in [-0.05, 0) is 36.6 Å². The summed E-state index contributed by atoms with van der Waals surface area (Å²) in [6, 6.07) is 13.6. The Balaban J connectivity index is 1.88. The van der Waals surface area contributed by atoms with Crippen molar-refractivity contribution >= 4 is 28.9 Å². The largest absolute Gasteiger partial charge is 0.463 e. The summed E-state index contributed by atoms with van der Waals surface area (Å²) >= 11 is 0. The summed E-state index contributed by atoms with van der Waals surface area (Å²) in [7, 11) is 1.31. The molecule has 134 valence electrons. The predicted molar refractivity (Wildman–Crippen MR) is 98.3 cm³/mol. The molecule has 0 unspecified atom stereocenters. The molecule has 0 saturated heterocycles. The van der Waals surface area contributed by atoms with Crippen molar-refractivity contribution in [2.75, 3.05) is 24.0 Å². The quantitative estimate of drug-likeness (QED) is 0.299. The van der Waals surface area contributed by atoms with Gasteiger partial charge in [0.1, 0.15) is 0 Å². The number of aryl methyl sites for hydroxylation is 1. The van der Waals surface area contributed by atoms with Crippen molar-refractivity contribution in [1.29, 1.82) is 0 Å². The van der Waals surface area contributed by atoms with E-state index < -0.39 is 10.9 Å². The molecule has 0 spiro atoms. The van der Waals surface area contributed by atoms with E-state index in [0.29, 0.717) is 12.2 Å². The van der Waals surface area contributed by atoms with E-state index in [1.807, 2.05) is 29.2 Å². The summed E-state index contributed by atoms with van der Waals surface area (Å²) < 4.78 is 4.88. The Morgan fingerprint density at radius 3 is 2.65 bits per heavy atom. The van der Waals surface area contributed by atoms with Crippen molar-refractivity contribution < 1.29 is 14.5 Å². The van der Waals surface area contributed by atoms with Crippen LogP contribution in [0, 0.1) is 10.1 Å². The summed E-state index contributed by atoms with van der Waals surface area (Å²) in [5, 5.41) is 14.9. The highest BCUT2D eigenvalue weighted by atomic mass is 16.6. The van der Waals surface area contributed by atoms with Crippen molar-refractivity contribution in [2.24, 2.45) is 5.10 Å². The number of ether oxygens (including phenoxy) is 1. The molecular weight excluding hydrogens is 336 g/mol. The van der Waals surface area contributed by atoms with Crippen molar-refractivity contribution in [2.45, 2.75) is 12.8 Å². The normalized spacial score (nSPS) is 13.7. The Morgan fingerprint density at radius 2 is 1.96 bits per heavy atom. The van der Waals surface area contributed by atoms with Crippen LogP contribution >= 0.6 is 0 Å². The molecule has 26 heavy (non-hydrogen) atoms. The maximum absolute atomic E-state index is 12.3. The van der Waals surface area contributed by atoms with Gasteiger partial charge in [-0.15, -0.1) is 5.10 Å². The lowest BCUT2D eigenvalue weighted by molar-refractivity contribution is -0.384. The zero-order chi connectivity index (χ0) is 18.5. The fourth-order valence-corrected chi connectivity index (χ4v) is 2.84. The number of nitro benzene ring substituents is 1. The molecule has 0 fully saturated rings. The van der Waals surface area contributed by atoms with Crippen LogP contribution in [0.1, 0.15) is 12.0 Å². The SMILES string of the molecule is COC(=O)C(=NNc1ccc([N+](=O)[O-])cc1)N1CCCc2ccccc21. The number of amidine groups is 1. The molecule has 8 nitrogen and oxygen atoms in total. The Morgan fingerprint density at radius 1 is 1.23 bits per heavy atom. The van der Waals surface area contributed by atoms with Crippen LogP contribution in [0.5, 0.6) is 0 Å². The van der Waals surface area contributed by atoms with E-state index >= 15 is 0 Å². The first-order valence-corrected chi connectivity index (χ1v) is 8.12. The molecule has 0 saturated carbocycles. The number of anilines is 2. The maximum Gasteiger partial charge on any atom is 0.376 e. The van der Waals surface area contributed by atoms with E-state index in [1.54, 1.807) is 0 Å². The number of benzene rings is 2. The molecule has 0 atom stereocenters. The standard InChI is InChI=1S/C18H18N4O4/c1-26-18(23)17(20-19-14-8-10-15(11-9-14)22(24)25)21-12-4-6-13-5-2-3-7-16(13)21/h2-3,5,7-11,19H,4,6,12H2,1H3. The summed E-state index contributed by atoms with van der Waals surface area (Å²) in [6.07, 6.45) is 1.83. The molecule has 1 N–H and O–H groups in total. The Labute approximate surface area is 150 Å². The molecule has 0 radical (unpaired) electrons. The van der Waals surface area contributed by atoms with Crippen molar-refractivity contribution in [1.82, 2.24) is 0 Å². The van der Waals surface area contributed by atoms with E-state index in [4.69, 9.17) is 4.74 Å². The molecule has 1 heterocycles. The Bertz CT molecular complexity index is 849. The average molecular weight is 354 g/mol. The number of carbonyl (C=O) groups excluding carboxylic acids is 1. The third kappa shape index (κ3) is 3.64. The number of hydrogen-bond acceptors (Lipinski definition) is 6. The second-order valence-electron chi connectivity index (χ2n) is 5.73. The van der Waals surface area contributed by atoms with Crippen LogP contribution < -0.4 is 10.3 Å². The lowest BCUT2D eigenvalue weighted by Gasteiger charge is -2.30. The summed E-state index contributed by atoms with van der Waals surface area (Å²) in [5.74, 6) is -0.422. The highest BCUT2D eigenvalue weighted by Gasteiger charge is 2.26.